The van der Waals surface area contributed by atoms with Crippen LogP contribution in [-0.4, -0.2) is 9.97 Å². The molecule has 5 aromatic rings. The van der Waals surface area contributed by atoms with Crippen LogP contribution >= 0.6 is 11.3 Å². The highest BCUT2D eigenvalue weighted by atomic mass is 32.1. The van der Waals surface area contributed by atoms with Gasteiger partial charge in [0.15, 0.2) is 0 Å². The molecular weight excluding hydrogens is 348 g/mol. The maximum Gasteiger partial charge on any atom is 0.0981 e. The third-order valence-corrected chi connectivity index (χ3v) is 6.13. The van der Waals surface area contributed by atoms with Crippen molar-refractivity contribution in [2.24, 2.45) is 0 Å². The molecule has 0 aliphatic carbocycles. The smallest absolute Gasteiger partial charge is 0.0981 e. The Bertz CT molecular complexity index is 1310. The molecule has 0 spiro atoms. The summed E-state index contributed by atoms with van der Waals surface area (Å²) < 4.78 is 1.30. The maximum absolute atomic E-state index is 5.08. The number of pyridine rings is 2. The summed E-state index contributed by atoms with van der Waals surface area (Å²) in [4.78, 5) is 11.4. The lowest BCUT2D eigenvalue weighted by atomic mass is 9.99. The van der Waals surface area contributed by atoms with Crippen molar-refractivity contribution in [1.82, 2.24) is 9.97 Å². The lowest BCUT2D eigenvalue weighted by Crippen LogP contribution is -1.98. The second kappa shape index (κ2) is 6.14. The summed E-state index contributed by atoms with van der Waals surface area (Å²) in [7, 11) is 0. The highest BCUT2D eigenvalue weighted by Gasteiger charge is 2.16. The quantitative estimate of drug-likeness (QED) is 0.332. The van der Waals surface area contributed by atoms with E-state index < -0.39 is 0 Å². The number of hydrogen-bond acceptors (Lipinski definition) is 3. The minimum absolute atomic E-state index is 0.356. The average Bonchev–Trinajstić information content (AvgIpc) is 3.08. The summed E-state index contributed by atoms with van der Waals surface area (Å²) in [6.45, 7) is 6.57. The van der Waals surface area contributed by atoms with E-state index in [-0.39, 0.29) is 0 Å². The predicted octanol–water partition coefficient (Wildman–Crippen LogP) is 7.10. The van der Waals surface area contributed by atoms with Crippen molar-refractivity contribution in [3.8, 4) is 11.4 Å². The highest BCUT2D eigenvalue weighted by Crippen LogP contribution is 2.38. The SMILES string of the molecule is Cc1cc2c(-c3cc4ccccc4c(C(C)C)n3)nc3ccccc3c2s1. The Labute approximate surface area is 162 Å². The third-order valence-electron chi connectivity index (χ3n) is 5.05. The zero-order valence-corrected chi connectivity index (χ0v) is 16.5. The number of fused-ring (bicyclic) bond motifs is 4. The number of nitrogens with zero attached hydrogens (tertiary/aromatic N) is 2. The fraction of sp³-hybridized carbons (Fsp3) is 0.167. The molecule has 2 aromatic carbocycles. The Morgan fingerprint density at radius 1 is 0.815 bits per heavy atom. The summed E-state index contributed by atoms with van der Waals surface area (Å²) in [5.41, 5.74) is 4.12. The van der Waals surface area contributed by atoms with Gasteiger partial charge < -0.3 is 0 Å². The highest BCUT2D eigenvalue weighted by molar-refractivity contribution is 7.20. The van der Waals surface area contributed by atoms with Gasteiger partial charge in [0.25, 0.3) is 0 Å². The van der Waals surface area contributed by atoms with Gasteiger partial charge in [0.05, 0.1) is 22.6 Å². The van der Waals surface area contributed by atoms with Gasteiger partial charge in [0.2, 0.25) is 0 Å². The largest absolute Gasteiger partial charge is 0.250 e. The van der Waals surface area contributed by atoms with Gasteiger partial charge in [0.1, 0.15) is 0 Å². The topological polar surface area (TPSA) is 25.8 Å². The first kappa shape index (κ1) is 16.4. The van der Waals surface area contributed by atoms with E-state index in [2.05, 4.69) is 81.4 Å². The van der Waals surface area contributed by atoms with Gasteiger partial charge in [-0.1, -0.05) is 56.3 Å². The molecule has 3 heteroatoms. The standard InChI is InChI=1S/C24H20N2S/c1-14(2)22-17-9-5-4-8-16(17)13-21(26-22)23-19-12-15(3)27-24(19)18-10-6-7-11-20(18)25-23/h4-14H,1-3H3. The molecule has 3 heterocycles. The summed E-state index contributed by atoms with van der Waals surface area (Å²) in [6, 6.07) is 21.4. The van der Waals surface area contributed by atoms with Crippen molar-refractivity contribution in [1.29, 1.82) is 0 Å². The monoisotopic (exact) mass is 368 g/mol. The van der Waals surface area contributed by atoms with Gasteiger partial charge in [-0.05, 0) is 36.4 Å². The van der Waals surface area contributed by atoms with Crippen LogP contribution in [0.3, 0.4) is 0 Å². The van der Waals surface area contributed by atoms with E-state index >= 15 is 0 Å². The normalized spacial score (nSPS) is 11.9. The summed E-state index contributed by atoms with van der Waals surface area (Å²) in [5.74, 6) is 0.356. The molecule has 0 aliphatic heterocycles. The number of hydrogen-bond donors (Lipinski definition) is 0. The Morgan fingerprint density at radius 2 is 1.56 bits per heavy atom. The van der Waals surface area contributed by atoms with Crippen LogP contribution in [0.1, 0.15) is 30.3 Å². The van der Waals surface area contributed by atoms with E-state index in [1.54, 1.807) is 0 Å². The minimum Gasteiger partial charge on any atom is -0.250 e. The first-order valence-electron chi connectivity index (χ1n) is 9.31. The molecule has 0 unspecified atom stereocenters. The summed E-state index contributed by atoms with van der Waals surface area (Å²) in [6.07, 6.45) is 0. The molecule has 0 aliphatic rings. The molecule has 0 fully saturated rings. The fourth-order valence-electron chi connectivity index (χ4n) is 3.82. The number of rotatable bonds is 2. The van der Waals surface area contributed by atoms with Crippen LogP contribution in [0.4, 0.5) is 0 Å². The molecule has 0 saturated heterocycles. The number of para-hydroxylation sites is 1. The Morgan fingerprint density at radius 3 is 2.37 bits per heavy atom. The predicted molar refractivity (Wildman–Crippen MR) is 117 cm³/mol. The maximum atomic E-state index is 5.08. The number of benzene rings is 2. The Hall–Kier alpha value is -2.78. The molecule has 27 heavy (non-hydrogen) atoms. The molecule has 0 atom stereocenters. The van der Waals surface area contributed by atoms with Gasteiger partial charge in [-0.2, -0.15) is 0 Å². The first-order valence-corrected chi connectivity index (χ1v) is 10.1. The number of thiophene rings is 1. The van der Waals surface area contributed by atoms with Crippen LogP contribution in [0.15, 0.2) is 60.7 Å². The van der Waals surface area contributed by atoms with Crippen LogP contribution in [0.25, 0.3) is 43.1 Å². The second-order valence-electron chi connectivity index (χ2n) is 7.35. The van der Waals surface area contributed by atoms with Gasteiger partial charge in [-0.3, -0.25) is 4.98 Å². The molecule has 0 bridgehead atoms. The lowest BCUT2D eigenvalue weighted by Gasteiger charge is -2.13. The summed E-state index contributed by atoms with van der Waals surface area (Å²) >= 11 is 1.84. The molecule has 0 N–H and O–H groups in total. The van der Waals surface area contributed by atoms with E-state index in [4.69, 9.17) is 9.97 Å². The van der Waals surface area contributed by atoms with Gasteiger partial charge >= 0.3 is 0 Å². The van der Waals surface area contributed by atoms with Gasteiger partial charge in [-0.25, -0.2) is 4.98 Å². The molecule has 2 nitrogen and oxygen atoms in total. The van der Waals surface area contributed by atoms with Crippen LogP contribution in [0.5, 0.6) is 0 Å². The van der Waals surface area contributed by atoms with Crippen molar-refractivity contribution in [3.05, 3.63) is 71.2 Å². The van der Waals surface area contributed by atoms with Crippen molar-refractivity contribution in [2.45, 2.75) is 26.7 Å². The minimum atomic E-state index is 0.356. The molecule has 0 saturated carbocycles. The zero-order chi connectivity index (χ0) is 18.5. The van der Waals surface area contributed by atoms with Crippen LogP contribution in [0.2, 0.25) is 0 Å². The fourth-order valence-corrected chi connectivity index (χ4v) is 4.86. The van der Waals surface area contributed by atoms with Gasteiger partial charge in [-0.15, -0.1) is 11.3 Å². The van der Waals surface area contributed by atoms with Crippen LogP contribution in [0, 0.1) is 6.92 Å². The lowest BCUT2D eigenvalue weighted by molar-refractivity contribution is 0.836. The van der Waals surface area contributed by atoms with Crippen molar-refractivity contribution in [2.75, 3.05) is 0 Å². The zero-order valence-electron chi connectivity index (χ0n) is 15.7. The Kier molecular flexibility index (Phi) is 3.73. The molecule has 0 amide bonds. The number of aryl methyl sites for hydroxylation is 1. The van der Waals surface area contributed by atoms with E-state index in [1.807, 2.05) is 11.3 Å². The molecule has 0 radical (unpaired) electrons. The molecule has 132 valence electrons. The Balaban J connectivity index is 1.90. The van der Waals surface area contributed by atoms with Crippen molar-refractivity contribution in [3.63, 3.8) is 0 Å². The van der Waals surface area contributed by atoms with Gasteiger partial charge in [0, 0.05) is 25.7 Å². The first-order chi connectivity index (χ1) is 13.1. The van der Waals surface area contributed by atoms with Crippen LogP contribution in [-0.2, 0) is 0 Å². The second-order valence-corrected chi connectivity index (χ2v) is 8.60. The number of aromatic nitrogens is 2. The van der Waals surface area contributed by atoms with E-state index in [0.717, 1.165) is 22.6 Å². The summed E-state index contributed by atoms with van der Waals surface area (Å²) in [5, 5.41) is 4.88. The van der Waals surface area contributed by atoms with Crippen molar-refractivity contribution >= 4 is 43.1 Å². The molecule has 3 aromatic heterocycles. The van der Waals surface area contributed by atoms with Crippen molar-refractivity contribution < 1.29 is 0 Å². The average molecular weight is 369 g/mol. The third kappa shape index (κ3) is 2.62. The molecule has 5 rings (SSSR count). The van der Waals surface area contributed by atoms with E-state index in [1.165, 1.54) is 31.1 Å². The van der Waals surface area contributed by atoms with Crippen LogP contribution < -0.4 is 0 Å². The van der Waals surface area contributed by atoms with E-state index in [9.17, 15) is 0 Å². The molecular formula is C24H20N2S. The van der Waals surface area contributed by atoms with E-state index in [0.29, 0.717) is 5.92 Å².